The standard InChI is InChI=1S/C23H29ClO6/c1-16(26)30-22(12-24)15-29-21-10-6-18(7-11-21)23(2,3)17-4-8-20(9-5-17)28-14-19(27)13-25/h4-11,19,22,25,27H,12-15H2,1-3H3/t19-,22-/m0/s1. The number of aliphatic hydroxyl groups excluding tert-OH is 2. The lowest BCUT2D eigenvalue weighted by Crippen LogP contribution is -2.25. The van der Waals surface area contributed by atoms with E-state index in [2.05, 4.69) is 13.8 Å². The molecule has 0 aromatic heterocycles. The predicted molar refractivity (Wildman–Crippen MR) is 115 cm³/mol. The molecule has 30 heavy (non-hydrogen) atoms. The minimum absolute atomic E-state index is 0.0444. The average molecular weight is 437 g/mol. The van der Waals surface area contributed by atoms with Gasteiger partial charge in [0.05, 0.1) is 12.5 Å². The molecule has 2 rings (SSSR count). The zero-order chi connectivity index (χ0) is 22.1. The summed E-state index contributed by atoms with van der Waals surface area (Å²) >= 11 is 5.79. The van der Waals surface area contributed by atoms with Gasteiger partial charge in [0, 0.05) is 12.3 Å². The van der Waals surface area contributed by atoms with Gasteiger partial charge in [-0.15, -0.1) is 11.6 Å². The van der Waals surface area contributed by atoms with E-state index in [-0.39, 0.29) is 37.1 Å². The van der Waals surface area contributed by atoms with Gasteiger partial charge in [0.2, 0.25) is 0 Å². The Morgan fingerprint density at radius 1 is 0.967 bits per heavy atom. The molecule has 0 amide bonds. The lowest BCUT2D eigenvalue weighted by molar-refractivity contribution is -0.146. The van der Waals surface area contributed by atoms with Crippen molar-refractivity contribution in [2.24, 2.45) is 0 Å². The number of carbonyl (C=O) groups excluding carboxylic acids is 1. The molecule has 2 N–H and O–H groups in total. The summed E-state index contributed by atoms with van der Waals surface area (Å²) in [6.45, 7) is 5.49. The molecular weight excluding hydrogens is 408 g/mol. The first-order valence-corrected chi connectivity index (χ1v) is 10.3. The summed E-state index contributed by atoms with van der Waals surface area (Å²) in [4.78, 5) is 11.0. The summed E-state index contributed by atoms with van der Waals surface area (Å²) in [5, 5.41) is 18.2. The lowest BCUT2D eigenvalue weighted by atomic mass is 9.78. The van der Waals surface area contributed by atoms with E-state index in [4.69, 9.17) is 30.9 Å². The van der Waals surface area contributed by atoms with Crippen LogP contribution in [0, 0.1) is 0 Å². The second-order valence-electron chi connectivity index (χ2n) is 7.52. The highest BCUT2D eigenvalue weighted by molar-refractivity contribution is 6.18. The fraction of sp³-hybridized carbons (Fsp3) is 0.435. The molecule has 0 unspecified atom stereocenters. The Hall–Kier alpha value is -2.28. The maximum atomic E-state index is 11.0. The molecule has 0 aliphatic rings. The van der Waals surface area contributed by atoms with Crippen molar-refractivity contribution >= 4 is 17.6 Å². The number of hydrogen-bond donors (Lipinski definition) is 2. The molecule has 0 saturated heterocycles. The third-order valence-electron chi connectivity index (χ3n) is 4.75. The SMILES string of the molecule is CC(=O)O[C@@H](CCl)COc1ccc(C(C)(C)c2ccc(OC[C@@H](O)CO)cc2)cc1. The van der Waals surface area contributed by atoms with E-state index in [0.717, 1.165) is 11.1 Å². The topological polar surface area (TPSA) is 85.2 Å². The lowest BCUT2D eigenvalue weighted by Gasteiger charge is -2.26. The van der Waals surface area contributed by atoms with Gasteiger partial charge in [0.15, 0.2) is 0 Å². The minimum Gasteiger partial charge on any atom is -0.491 e. The largest absolute Gasteiger partial charge is 0.491 e. The van der Waals surface area contributed by atoms with Crippen LogP contribution >= 0.6 is 11.6 Å². The van der Waals surface area contributed by atoms with E-state index in [1.165, 1.54) is 6.92 Å². The zero-order valence-corrected chi connectivity index (χ0v) is 18.3. The van der Waals surface area contributed by atoms with E-state index < -0.39 is 12.2 Å². The van der Waals surface area contributed by atoms with Crippen molar-refractivity contribution in [3.8, 4) is 11.5 Å². The number of alkyl halides is 1. The summed E-state index contributed by atoms with van der Waals surface area (Å²) in [6, 6.07) is 15.4. The Kier molecular flexibility index (Phi) is 8.96. The summed E-state index contributed by atoms with van der Waals surface area (Å²) in [5.74, 6) is 1.08. The number of ether oxygens (including phenoxy) is 3. The van der Waals surface area contributed by atoms with Crippen molar-refractivity contribution in [2.75, 3.05) is 25.7 Å². The molecule has 2 aromatic rings. The van der Waals surface area contributed by atoms with Crippen LogP contribution in [0.15, 0.2) is 48.5 Å². The average Bonchev–Trinajstić information content (AvgIpc) is 2.75. The van der Waals surface area contributed by atoms with Crippen molar-refractivity contribution in [3.05, 3.63) is 59.7 Å². The van der Waals surface area contributed by atoms with Gasteiger partial charge in [0.25, 0.3) is 0 Å². The van der Waals surface area contributed by atoms with E-state index in [1.54, 1.807) is 0 Å². The van der Waals surface area contributed by atoms with E-state index in [0.29, 0.717) is 11.5 Å². The van der Waals surface area contributed by atoms with Crippen LogP contribution in [0.25, 0.3) is 0 Å². The van der Waals surface area contributed by atoms with Gasteiger partial charge in [-0.1, -0.05) is 38.1 Å². The van der Waals surface area contributed by atoms with Crippen molar-refractivity contribution in [1.82, 2.24) is 0 Å². The van der Waals surface area contributed by atoms with Gasteiger partial charge in [-0.25, -0.2) is 0 Å². The number of halogens is 1. The fourth-order valence-electron chi connectivity index (χ4n) is 2.88. The Balaban J connectivity index is 2.01. The summed E-state index contributed by atoms with van der Waals surface area (Å²) in [5.41, 5.74) is 1.95. The second-order valence-corrected chi connectivity index (χ2v) is 7.83. The number of hydrogen-bond acceptors (Lipinski definition) is 6. The Morgan fingerprint density at radius 3 is 1.83 bits per heavy atom. The number of carbonyl (C=O) groups is 1. The van der Waals surface area contributed by atoms with Crippen LogP contribution in [-0.2, 0) is 14.9 Å². The Labute approximate surface area is 182 Å². The van der Waals surface area contributed by atoms with E-state index in [9.17, 15) is 9.90 Å². The number of aliphatic hydroxyl groups is 2. The molecule has 164 valence electrons. The summed E-state index contributed by atoms with van der Waals surface area (Å²) in [7, 11) is 0. The zero-order valence-electron chi connectivity index (χ0n) is 17.5. The molecule has 2 atom stereocenters. The molecule has 7 heteroatoms. The fourth-order valence-corrected chi connectivity index (χ4v) is 3.03. The smallest absolute Gasteiger partial charge is 0.303 e. The number of esters is 1. The van der Waals surface area contributed by atoms with Crippen LogP contribution in [0.1, 0.15) is 31.9 Å². The number of benzene rings is 2. The van der Waals surface area contributed by atoms with Crippen LogP contribution in [0.4, 0.5) is 0 Å². The van der Waals surface area contributed by atoms with Gasteiger partial charge in [-0.3, -0.25) is 4.79 Å². The Morgan fingerprint density at radius 2 is 1.43 bits per heavy atom. The van der Waals surface area contributed by atoms with Crippen molar-refractivity contribution in [2.45, 2.75) is 38.4 Å². The monoisotopic (exact) mass is 436 g/mol. The van der Waals surface area contributed by atoms with Gasteiger partial charge >= 0.3 is 5.97 Å². The molecule has 6 nitrogen and oxygen atoms in total. The van der Waals surface area contributed by atoms with Gasteiger partial charge in [0.1, 0.15) is 36.9 Å². The normalized spacial score (nSPS) is 13.4. The van der Waals surface area contributed by atoms with Crippen molar-refractivity contribution < 1.29 is 29.2 Å². The predicted octanol–water partition coefficient (Wildman–Crippen LogP) is 3.29. The van der Waals surface area contributed by atoms with E-state index >= 15 is 0 Å². The molecule has 2 aromatic carbocycles. The highest BCUT2D eigenvalue weighted by Crippen LogP contribution is 2.33. The molecule has 0 aliphatic heterocycles. The third kappa shape index (κ3) is 6.90. The van der Waals surface area contributed by atoms with Gasteiger partial charge < -0.3 is 24.4 Å². The first-order valence-electron chi connectivity index (χ1n) is 9.75. The van der Waals surface area contributed by atoms with Gasteiger partial charge in [-0.2, -0.15) is 0 Å². The van der Waals surface area contributed by atoms with Crippen LogP contribution in [-0.4, -0.2) is 54.1 Å². The molecule has 0 fully saturated rings. The highest BCUT2D eigenvalue weighted by Gasteiger charge is 2.23. The highest BCUT2D eigenvalue weighted by atomic mass is 35.5. The maximum absolute atomic E-state index is 11.0. The second kappa shape index (κ2) is 11.2. The van der Waals surface area contributed by atoms with Crippen LogP contribution in [0.5, 0.6) is 11.5 Å². The first kappa shape index (κ1) is 24.0. The van der Waals surface area contributed by atoms with Crippen LogP contribution in [0.3, 0.4) is 0 Å². The minimum atomic E-state index is -0.893. The molecule has 0 heterocycles. The molecule has 0 spiro atoms. The number of rotatable bonds is 11. The quantitative estimate of drug-likeness (QED) is 0.415. The molecule has 0 saturated carbocycles. The maximum Gasteiger partial charge on any atom is 0.303 e. The van der Waals surface area contributed by atoms with E-state index in [1.807, 2.05) is 48.5 Å². The third-order valence-corrected chi connectivity index (χ3v) is 5.09. The van der Waals surface area contributed by atoms with Crippen molar-refractivity contribution in [1.29, 1.82) is 0 Å². The van der Waals surface area contributed by atoms with Crippen LogP contribution < -0.4 is 9.47 Å². The summed E-state index contributed by atoms with van der Waals surface area (Å²) < 4.78 is 16.2. The van der Waals surface area contributed by atoms with Crippen LogP contribution in [0.2, 0.25) is 0 Å². The molecule has 0 radical (unpaired) electrons. The summed E-state index contributed by atoms with van der Waals surface area (Å²) in [6.07, 6.45) is -1.38. The molecule has 0 bridgehead atoms. The molecule has 0 aliphatic carbocycles. The first-order chi connectivity index (χ1) is 14.3. The van der Waals surface area contributed by atoms with Crippen molar-refractivity contribution in [3.63, 3.8) is 0 Å². The van der Waals surface area contributed by atoms with Gasteiger partial charge in [-0.05, 0) is 35.4 Å². The Bertz CT molecular complexity index is 788. The molecular formula is C23H29ClO6.